The van der Waals surface area contributed by atoms with E-state index in [1.54, 1.807) is 50.6 Å². The third-order valence-corrected chi connectivity index (χ3v) is 6.93. The summed E-state index contributed by atoms with van der Waals surface area (Å²) in [7, 11) is 3.39. The summed E-state index contributed by atoms with van der Waals surface area (Å²) in [6.07, 6.45) is 16.4. The van der Waals surface area contributed by atoms with E-state index in [1.165, 1.54) is 47.3 Å². The Morgan fingerprint density at radius 1 is 1.03 bits per heavy atom. The standard InChI is InChI=1S/C16H24O.C15H16N4O2/c1-13-6-5-7-15(12-14(13)2)10-11-17-16-8-3-4-9-16;1-19(2)15(21)10-5-3-9(4-6-10)11-7-12(14(17)20)13(16)18-8-11/h6-7,12,16H,3-5,8-11H2,1-2H3;3-8H,1-2H3,(H2,16,18)(H2,17,20). The van der Waals surface area contributed by atoms with E-state index in [-0.39, 0.29) is 17.3 Å². The molecule has 1 aromatic heterocycles. The Hall–Kier alpha value is -3.71. The molecule has 7 nitrogen and oxygen atoms in total. The molecule has 7 heteroatoms. The number of pyridine rings is 1. The fraction of sp³-hybridized carbons (Fsp3) is 0.387. The van der Waals surface area contributed by atoms with E-state index in [1.807, 2.05) is 0 Å². The van der Waals surface area contributed by atoms with Gasteiger partial charge in [0.2, 0.25) is 0 Å². The predicted octanol–water partition coefficient (Wildman–Crippen LogP) is 5.69. The number of carbonyl (C=O) groups excluding carboxylic acids is 2. The first-order valence-corrected chi connectivity index (χ1v) is 13.2. The minimum atomic E-state index is -0.624. The van der Waals surface area contributed by atoms with E-state index in [0.29, 0.717) is 17.2 Å². The number of primary amides is 1. The quantitative estimate of drug-likeness (QED) is 0.491. The van der Waals surface area contributed by atoms with Crippen LogP contribution in [0.2, 0.25) is 0 Å². The van der Waals surface area contributed by atoms with Crippen molar-refractivity contribution in [2.24, 2.45) is 5.73 Å². The number of hydrogen-bond donors (Lipinski definition) is 2. The molecule has 4 N–H and O–H groups in total. The molecule has 1 fully saturated rings. The molecule has 0 radical (unpaired) electrons. The van der Waals surface area contributed by atoms with Crippen LogP contribution in [0.25, 0.3) is 11.1 Å². The number of hydrogen-bond acceptors (Lipinski definition) is 5. The van der Waals surface area contributed by atoms with Crippen LogP contribution in [0.15, 0.2) is 71.5 Å². The predicted molar refractivity (Wildman–Crippen MR) is 154 cm³/mol. The van der Waals surface area contributed by atoms with E-state index in [4.69, 9.17) is 16.2 Å². The lowest BCUT2D eigenvalue weighted by Crippen LogP contribution is -2.21. The second-order valence-corrected chi connectivity index (χ2v) is 10.1. The number of aromatic nitrogens is 1. The number of nitrogens with two attached hydrogens (primary N) is 2. The largest absolute Gasteiger partial charge is 0.383 e. The van der Waals surface area contributed by atoms with Crippen LogP contribution >= 0.6 is 0 Å². The van der Waals surface area contributed by atoms with Crippen molar-refractivity contribution >= 4 is 17.6 Å². The molecule has 2 aliphatic rings. The van der Waals surface area contributed by atoms with Gasteiger partial charge in [0, 0.05) is 31.4 Å². The van der Waals surface area contributed by atoms with Crippen LogP contribution in [0.3, 0.4) is 0 Å². The number of carbonyl (C=O) groups is 2. The van der Waals surface area contributed by atoms with Crippen molar-refractivity contribution in [2.75, 3.05) is 26.4 Å². The van der Waals surface area contributed by atoms with Gasteiger partial charge in [-0.15, -0.1) is 0 Å². The molecule has 2 aliphatic carbocycles. The van der Waals surface area contributed by atoms with Gasteiger partial charge < -0.3 is 21.1 Å². The van der Waals surface area contributed by atoms with E-state index < -0.39 is 5.91 Å². The Morgan fingerprint density at radius 3 is 2.34 bits per heavy atom. The molecule has 1 heterocycles. The number of benzene rings is 1. The van der Waals surface area contributed by atoms with Gasteiger partial charge in [-0.05, 0) is 74.4 Å². The summed E-state index contributed by atoms with van der Waals surface area (Å²) in [5.41, 5.74) is 17.4. The second kappa shape index (κ2) is 13.7. The van der Waals surface area contributed by atoms with Gasteiger partial charge in [0.15, 0.2) is 0 Å². The molecule has 2 amide bonds. The molecule has 0 aliphatic heterocycles. The summed E-state index contributed by atoms with van der Waals surface area (Å²) < 4.78 is 5.92. The Kier molecular flexibility index (Phi) is 10.4. The lowest BCUT2D eigenvalue weighted by Gasteiger charge is -2.11. The maximum Gasteiger partial charge on any atom is 0.253 e. The summed E-state index contributed by atoms with van der Waals surface area (Å²) in [6.45, 7) is 5.28. The number of amides is 2. The highest BCUT2D eigenvalue weighted by molar-refractivity contribution is 5.98. The van der Waals surface area contributed by atoms with Crippen LogP contribution in [0.4, 0.5) is 5.82 Å². The van der Waals surface area contributed by atoms with E-state index in [9.17, 15) is 9.59 Å². The second-order valence-electron chi connectivity index (χ2n) is 10.1. The van der Waals surface area contributed by atoms with Crippen LogP contribution in [-0.2, 0) is 4.74 Å². The third kappa shape index (κ3) is 8.15. The molecule has 38 heavy (non-hydrogen) atoms. The third-order valence-electron chi connectivity index (χ3n) is 6.93. The van der Waals surface area contributed by atoms with Gasteiger partial charge in [0.25, 0.3) is 11.8 Å². The van der Waals surface area contributed by atoms with Crippen molar-refractivity contribution in [1.29, 1.82) is 0 Å². The minimum Gasteiger partial charge on any atom is -0.383 e. The van der Waals surface area contributed by atoms with Crippen molar-refractivity contribution in [1.82, 2.24) is 9.88 Å². The number of nitrogens with zero attached hydrogens (tertiary/aromatic N) is 2. The molecular weight excluding hydrogens is 476 g/mol. The van der Waals surface area contributed by atoms with Gasteiger partial charge in [-0.25, -0.2) is 4.98 Å². The molecule has 0 spiro atoms. The summed E-state index contributed by atoms with van der Waals surface area (Å²) in [6, 6.07) is 8.60. The first-order valence-electron chi connectivity index (χ1n) is 13.2. The monoisotopic (exact) mass is 516 g/mol. The average Bonchev–Trinajstić information content (AvgIpc) is 3.36. The normalized spacial score (nSPS) is 15.4. The Morgan fingerprint density at radius 2 is 1.71 bits per heavy atom. The van der Waals surface area contributed by atoms with Crippen LogP contribution in [0.1, 0.15) is 73.1 Å². The fourth-order valence-corrected chi connectivity index (χ4v) is 4.47. The first kappa shape index (κ1) is 28.9. The van der Waals surface area contributed by atoms with Gasteiger partial charge in [0.05, 0.1) is 18.3 Å². The highest BCUT2D eigenvalue weighted by Gasteiger charge is 2.15. The molecule has 1 saturated carbocycles. The zero-order chi connectivity index (χ0) is 27.7. The van der Waals surface area contributed by atoms with E-state index in [2.05, 4.69) is 37.1 Å². The van der Waals surface area contributed by atoms with Crippen molar-refractivity contribution in [3.05, 3.63) is 82.6 Å². The lowest BCUT2D eigenvalue weighted by atomic mass is 10.0. The highest BCUT2D eigenvalue weighted by Crippen LogP contribution is 2.24. The van der Waals surface area contributed by atoms with Gasteiger partial charge in [-0.3, -0.25) is 9.59 Å². The van der Waals surface area contributed by atoms with Crippen molar-refractivity contribution in [2.45, 2.75) is 58.5 Å². The molecule has 2 aromatic rings. The van der Waals surface area contributed by atoms with Gasteiger partial charge >= 0.3 is 0 Å². The first-order chi connectivity index (χ1) is 18.2. The number of nitrogen functional groups attached to an aromatic ring is 1. The number of ether oxygens (including phenoxy) is 1. The van der Waals surface area contributed by atoms with Crippen LogP contribution < -0.4 is 11.5 Å². The summed E-state index contributed by atoms with van der Waals surface area (Å²) >= 11 is 0. The van der Waals surface area contributed by atoms with Crippen LogP contribution in [0.5, 0.6) is 0 Å². The maximum atomic E-state index is 11.8. The van der Waals surface area contributed by atoms with Crippen LogP contribution in [-0.4, -0.2) is 48.5 Å². The van der Waals surface area contributed by atoms with Crippen molar-refractivity contribution in [3.63, 3.8) is 0 Å². The van der Waals surface area contributed by atoms with Gasteiger partial charge in [-0.2, -0.15) is 0 Å². The summed E-state index contributed by atoms with van der Waals surface area (Å²) in [4.78, 5) is 28.6. The summed E-state index contributed by atoms with van der Waals surface area (Å²) in [5, 5.41) is 0. The molecule has 0 saturated heterocycles. The van der Waals surface area contributed by atoms with E-state index in [0.717, 1.165) is 25.0 Å². The number of rotatable bonds is 7. The van der Waals surface area contributed by atoms with Gasteiger partial charge in [-0.1, -0.05) is 48.8 Å². The zero-order valence-corrected chi connectivity index (χ0v) is 23.0. The Balaban J connectivity index is 0.000000215. The SMILES string of the molecule is CC1=CCC=C(CCOC2CCCC2)C=C1C.CN(C)C(=O)c1ccc(-c2cnc(N)c(C(N)=O)c2)cc1. The minimum absolute atomic E-state index is 0.0743. The molecule has 0 atom stereocenters. The maximum absolute atomic E-state index is 11.8. The topological polar surface area (TPSA) is 112 Å². The Bertz CT molecular complexity index is 1220. The Labute approximate surface area is 226 Å². The zero-order valence-electron chi connectivity index (χ0n) is 23.0. The molecule has 202 valence electrons. The number of anilines is 1. The molecule has 0 bridgehead atoms. The number of allylic oxidation sites excluding steroid dienone is 5. The molecule has 0 unspecified atom stereocenters. The van der Waals surface area contributed by atoms with Crippen molar-refractivity contribution < 1.29 is 14.3 Å². The highest BCUT2D eigenvalue weighted by atomic mass is 16.5. The smallest absolute Gasteiger partial charge is 0.253 e. The van der Waals surface area contributed by atoms with Crippen LogP contribution in [0, 0.1) is 0 Å². The molecule has 4 rings (SSSR count). The van der Waals surface area contributed by atoms with Crippen molar-refractivity contribution in [3.8, 4) is 11.1 Å². The van der Waals surface area contributed by atoms with Gasteiger partial charge in [0.1, 0.15) is 5.82 Å². The van der Waals surface area contributed by atoms with E-state index >= 15 is 0 Å². The molecular formula is C31H40N4O3. The lowest BCUT2D eigenvalue weighted by molar-refractivity contribution is 0.0609. The molecule has 1 aromatic carbocycles. The summed E-state index contributed by atoms with van der Waals surface area (Å²) in [5.74, 6) is -0.596. The average molecular weight is 517 g/mol. The fourth-order valence-electron chi connectivity index (χ4n) is 4.47.